The van der Waals surface area contributed by atoms with Crippen molar-refractivity contribution in [3.63, 3.8) is 0 Å². The molecule has 4 nitrogen and oxygen atoms in total. The van der Waals surface area contributed by atoms with Crippen molar-refractivity contribution >= 4 is 11.4 Å². The van der Waals surface area contributed by atoms with E-state index in [4.69, 9.17) is 9.47 Å². The van der Waals surface area contributed by atoms with Crippen molar-refractivity contribution in [2.24, 2.45) is 0 Å². The molecule has 25 heavy (non-hydrogen) atoms. The highest BCUT2D eigenvalue weighted by Gasteiger charge is 2.16. The van der Waals surface area contributed by atoms with Crippen LogP contribution in [0.25, 0.3) is 11.1 Å². The SMILES string of the molecule is COc1cccc(OCc2ccccc2)c1-c1ccc2c(c1)NCN2. The van der Waals surface area contributed by atoms with Gasteiger partial charge in [0.2, 0.25) is 0 Å². The summed E-state index contributed by atoms with van der Waals surface area (Å²) in [5.41, 5.74) is 5.38. The molecule has 1 aliphatic heterocycles. The molecule has 0 saturated heterocycles. The molecule has 0 bridgehead atoms. The minimum Gasteiger partial charge on any atom is -0.496 e. The Kier molecular flexibility index (Phi) is 4.17. The summed E-state index contributed by atoms with van der Waals surface area (Å²) in [5.74, 6) is 1.62. The maximum Gasteiger partial charge on any atom is 0.131 e. The van der Waals surface area contributed by atoms with Crippen molar-refractivity contribution < 1.29 is 9.47 Å². The Bertz CT molecular complexity index is 878. The van der Waals surface area contributed by atoms with Crippen molar-refractivity contribution in [3.05, 3.63) is 72.3 Å². The van der Waals surface area contributed by atoms with Gasteiger partial charge in [-0.3, -0.25) is 0 Å². The largest absolute Gasteiger partial charge is 0.496 e. The lowest BCUT2D eigenvalue weighted by atomic mass is 10.0. The van der Waals surface area contributed by atoms with E-state index in [2.05, 4.69) is 41.0 Å². The lowest BCUT2D eigenvalue weighted by molar-refractivity contribution is 0.305. The van der Waals surface area contributed by atoms with E-state index in [1.54, 1.807) is 7.11 Å². The number of hydrogen-bond donors (Lipinski definition) is 2. The van der Waals surface area contributed by atoms with Crippen LogP contribution in [-0.2, 0) is 6.61 Å². The fourth-order valence-corrected chi connectivity index (χ4v) is 3.06. The third-order valence-corrected chi connectivity index (χ3v) is 4.31. The normalized spacial score (nSPS) is 12.0. The van der Waals surface area contributed by atoms with Gasteiger partial charge >= 0.3 is 0 Å². The Hall–Kier alpha value is -3.14. The molecule has 0 spiro atoms. The lowest BCUT2D eigenvalue weighted by Gasteiger charge is -2.16. The van der Waals surface area contributed by atoms with Gasteiger partial charge < -0.3 is 20.1 Å². The van der Waals surface area contributed by atoms with E-state index in [9.17, 15) is 0 Å². The number of methoxy groups -OCH3 is 1. The molecule has 126 valence electrons. The molecule has 0 aromatic heterocycles. The highest BCUT2D eigenvalue weighted by molar-refractivity contribution is 5.84. The molecule has 0 saturated carbocycles. The van der Waals surface area contributed by atoms with E-state index in [1.165, 1.54) is 0 Å². The molecule has 0 fully saturated rings. The molecular formula is C21H20N2O2. The van der Waals surface area contributed by atoms with E-state index in [-0.39, 0.29) is 0 Å². The highest BCUT2D eigenvalue weighted by atomic mass is 16.5. The third kappa shape index (κ3) is 3.11. The summed E-state index contributed by atoms with van der Waals surface area (Å²) >= 11 is 0. The molecular weight excluding hydrogens is 312 g/mol. The summed E-state index contributed by atoms with van der Waals surface area (Å²) in [6, 6.07) is 22.4. The average Bonchev–Trinajstić information content (AvgIpc) is 3.14. The first-order valence-corrected chi connectivity index (χ1v) is 8.31. The number of ether oxygens (including phenoxy) is 2. The van der Waals surface area contributed by atoms with E-state index >= 15 is 0 Å². The van der Waals surface area contributed by atoms with Crippen LogP contribution < -0.4 is 20.1 Å². The Morgan fingerprint density at radius 2 is 1.64 bits per heavy atom. The Morgan fingerprint density at radius 1 is 0.840 bits per heavy atom. The minimum atomic E-state index is 0.520. The van der Waals surface area contributed by atoms with E-state index < -0.39 is 0 Å². The second kappa shape index (κ2) is 6.77. The molecule has 0 aliphatic carbocycles. The summed E-state index contributed by atoms with van der Waals surface area (Å²) in [7, 11) is 1.69. The topological polar surface area (TPSA) is 42.5 Å². The number of benzene rings is 3. The second-order valence-electron chi connectivity index (χ2n) is 5.90. The Morgan fingerprint density at radius 3 is 2.48 bits per heavy atom. The Balaban J connectivity index is 1.70. The average molecular weight is 332 g/mol. The van der Waals surface area contributed by atoms with Gasteiger partial charge in [-0.25, -0.2) is 0 Å². The van der Waals surface area contributed by atoms with Gasteiger partial charge in [0.1, 0.15) is 18.1 Å². The second-order valence-corrected chi connectivity index (χ2v) is 5.90. The molecule has 1 heterocycles. The van der Waals surface area contributed by atoms with Gasteiger partial charge in [0.05, 0.1) is 30.7 Å². The first kappa shape index (κ1) is 15.4. The van der Waals surface area contributed by atoms with Gasteiger partial charge in [0.25, 0.3) is 0 Å². The first-order chi connectivity index (χ1) is 12.3. The van der Waals surface area contributed by atoms with Crippen LogP contribution in [0.1, 0.15) is 5.56 Å². The molecule has 0 radical (unpaired) electrons. The van der Waals surface area contributed by atoms with E-state index in [0.29, 0.717) is 6.61 Å². The Labute approximate surface area is 147 Å². The molecule has 3 aromatic rings. The predicted molar refractivity (Wildman–Crippen MR) is 101 cm³/mol. The summed E-state index contributed by atoms with van der Waals surface area (Å²) < 4.78 is 11.7. The zero-order valence-corrected chi connectivity index (χ0v) is 14.1. The van der Waals surface area contributed by atoms with Crippen molar-refractivity contribution in [1.29, 1.82) is 0 Å². The van der Waals surface area contributed by atoms with E-state index in [0.717, 1.165) is 46.2 Å². The highest BCUT2D eigenvalue weighted by Crippen LogP contribution is 2.41. The third-order valence-electron chi connectivity index (χ3n) is 4.31. The molecule has 0 unspecified atom stereocenters. The van der Waals surface area contributed by atoms with Gasteiger partial charge in [-0.1, -0.05) is 42.5 Å². The minimum absolute atomic E-state index is 0.520. The fraction of sp³-hybridized carbons (Fsp3) is 0.143. The number of anilines is 2. The number of hydrogen-bond acceptors (Lipinski definition) is 4. The lowest BCUT2D eigenvalue weighted by Crippen LogP contribution is -1.99. The maximum atomic E-state index is 6.12. The van der Waals surface area contributed by atoms with Crippen LogP contribution in [-0.4, -0.2) is 13.8 Å². The van der Waals surface area contributed by atoms with Crippen LogP contribution in [0.5, 0.6) is 11.5 Å². The smallest absolute Gasteiger partial charge is 0.131 e. The zero-order valence-electron chi connectivity index (χ0n) is 14.1. The van der Waals surface area contributed by atoms with Gasteiger partial charge in [-0.05, 0) is 35.4 Å². The molecule has 1 aliphatic rings. The summed E-state index contributed by atoms with van der Waals surface area (Å²) in [6.07, 6.45) is 0. The van der Waals surface area contributed by atoms with Crippen LogP contribution in [0.4, 0.5) is 11.4 Å². The van der Waals surface area contributed by atoms with Gasteiger partial charge in [0, 0.05) is 0 Å². The number of rotatable bonds is 5. The monoisotopic (exact) mass is 332 g/mol. The molecule has 0 amide bonds. The number of nitrogens with one attached hydrogen (secondary N) is 2. The van der Waals surface area contributed by atoms with Crippen LogP contribution in [0.2, 0.25) is 0 Å². The van der Waals surface area contributed by atoms with Crippen LogP contribution in [0.3, 0.4) is 0 Å². The van der Waals surface area contributed by atoms with E-state index in [1.807, 2.05) is 36.4 Å². The molecule has 0 atom stereocenters. The first-order valence-electron chi connectivity index (χ1n) is 8.31. The standard InChI is InChI=1S/C21H20N2O2/c1-24-19-8-5-9-20(25-13-15-6-3-2-4-7-15)21(19)16-10-11-17-18(12-16)23-14-22-17/h2-12,22-23H,13-14H2,1H3. The fourth-order valence-electron chi connectivity index (χ4n) is 3.06. The van der Waals surface area contributed by atoms with Gasteiger partial charge in [-0.15, -0.1) is 0 Å². The van der Waals surface area contributed by atoms with Crippen molar-refractivity contribution in [2.45, 2.75) is 6.61 Å². The molecule has 4 rings (SSSR count). The maximum absolute atomic E-state index is 6.12. The quantitative estimate of drug-likeness (QED) is 0.708. The van der Waals surface area contributed by atoms with Crippen molar-refractivity contribution in [1.82, 2.24) is 0 Å². The van der Waals surface area contributed by atoms with Crippen molar-refractivity contribution in [3.8, 4) is 22.6 Å². The van der Waals surface area contributed by atoms with Gasteiger partial charge in [-0.2, -0.15) is 0 Å². The van der Waals surface area contributed by atoms with Crippen LogP contribution >= 0.6 is 0 Å². The summed E-state index contributed by atoms with van der Waals surface area (Å²) in [6.45, 7) is 1.27. The number of fused-ring (bicyclic) bond motifs is 1. The zero-order chi connectivity index (χ0) is 17.1. The van der Waals surface area contributed by atoms with Crippen LogP contribution in [0.15, 0.2) is 66.7 Å². The van der Waals surface area contributed by atoms with Crippen molar-refractivity contribution in [2.75, 3.05) is 24.4 Å². The summed E-state index contributed by atoms with van der Waals surface area (Å²) in [5, 5.41) is 6.63. The molecule has 3 aromatic carbocycles. The predicted octanol–water partition coefficient (Wildman–Crippen LogP) is 4.74. The summed E-state index contributed by atoms with van der Waals surface area (Å²) in [4.78, 5) is 0. The van der Waals surface area contributed by atoms with Gasteiger partial charge in [0.15, 0.2) is 0 Å². The molecule has 4 heteroatoms. The molecule has 2 N–H and O–H groups in total. The van der Waals surface area contributed by atoms with Crippen LogP contribution in [0, 0.1) is 0 Å².